The Morgan fingerprint density at radius 1 is 1.15 bits per heavy atom. The lowest BCUT2D eigenvalue weighted by Crippen LogP contribution is -2.20. The molecule has 0 bridgehead atoms. The van der Waals surface area contributed by atoms with Crippen molar-refractivity contribution in [3.05, 3.63) is 95.0 Å². The van der Waals surface area contributed by atoms with Crippen LogP contribution in [0, 0.1) is 10.5 Å². The second-order valence-corrected chi connectivity index (χ2v) is 9.87. The molecule has 0 N–H and O–H groups in total. The largest absolute Gasteiger partial charge is 0.490 e. The Morgan fingerprint density at radius 2 is 1.91 bits per heavy atom. The molecule has 0 saturated heterocycles. The zero-order chi connectivity index (χ0) is 24.2. The highest BCUT2D eigenvalue weighted by molar-refractivity contribution is 14.1. The van der Waals surface area contributed by atoms with Crippen molar-refractivity contribution >= 4 is 67.2 Å². The monoisotopic (exact) mass is 651 g/mol. The molecule has 0 aliphatic heterocycles. The molecule has 0 aliphatic rings. The predicted molar refractivity (Wildman–Crippen MR) is 148 cm³/mol. The van der Waals surface area contributed by atoms with Crippen molar-refractivity contribution in [1.82, 2.24) is 9.66 Å². The number of aryl methyl sites for hydroxylation is 1. The summed E-state index contributed by atoms with van der Waals surface area (Å²) in [6, 6.07) is 16.7. The number of benzene rings is 3. The minimum atomic E-state index is -0.234. The first-order valence-corrected chi connectivity index (χ1v) is 12.7. The van der Waals surface area contributed by atoms with Gasteiger partial charge in [0.25, 0.3) is 5.56 Å². The molecule has 1 heterocycles. The molecule has 4 rings (SSSR count). The highest BCUT2D eigenvalue weighted by atomic mass is 127. The van der Waals surface area contributed by atoms with Crippen molar-refractivity contribution < 1.29 is 9.47 Å². The summed E-state index contributed by atoms with van der Waals surface area (Å²) in [6.07, 6.45) is 1.62. The van der Waals surface area contributed by atoms with Crippen molar-refractivity contribution in [3.8, 4) is 11.5 Å². The average Bonchev–Trinajstić information content (AvgIpc) is 2.80. The Hall–Kier alpha value is -2.43. The maximum absolute atomic E-state index is 13.0. The summed E-state index contributed by atoms with van der Waals surface area (Å²) in [6.45, 7) is 4.53. The van der Waals surface area contributed by atoms with Crippen LogP contribution in [-0.4, -0.2) is 22.5 Å². The molecule has 34 heavy (non-hydrogen) atoms. The highest BCUT2D eigenvalue weighted by Crippen LogP contribution is 2.34. The molecule has 0 atom stereocenters. The van der Waals surface area contributed by atoms with Crippen LogP contribution in [0.5, 0.6) is 11.5 Å². The SMILES string of the molecule is CCOc1cc(C=Nn2c(C)nc3ccc(Br)cc3c2=O)cc(I)c1OCc1ccc(Cl)cc1. The van der Waals surface area contributed by atoms with E-state index in [1.165, 1.54) is 4.68 Å². The molecular weight excluding hydrogens is 633 g/mol. The summed E-state index contributed by atoms with van der Waals surface area (Å²) < 4.78 is 14.9. The third kappa shape index (κ3) is 5.61. The Bertz CT molecular complexity index is 1440. The van der Waals surface area contributed by atoms with Crippen molar-refractivity contribution in [1.29, 1.82) is 0 Å². The molecular formula is C25H20BrClIN3O3. The molecule has 0 fully saturated rings. The maximum Gasteiger partial charge on any atom is 0.282 e. The van der Waals surface area contributed by atoms with Crippen molar-refractivity contribution in [2.75, 3.05) is 6.61 Å². The number of hydrogen-bond acceptors (Lipinski definition) is 5. The number of aromatic nitrogens is 2. The van der Waals surface area contributed by atoms with Crippen LogP contribution in [0.2, 0.25) is 5.02 Å². The first kappa shape index (κ1) is 24.7. The predicted octanol–water partition coefficient (Wildman–Crippen LogP) is 6.59. The molecule has 3 aromatic carbocycles. The second-order valence-electron chi connectivity index (χ2n) is 7.36. The lowest BCUT2D eigenvalue weighted by molar-refractivity contribution is 0.267. The standard InChI is InChI=1S/C25H20BrClIN3O3/c1-3-33-23-11-17(10-21(28)24(23)34-14-16-4-7-19(27)8-5-16)13-29-31-15(2)30-22-9-6-18(26)12-20(22)25(31)32/h4-13H,3,14H2,1-2H3. The van der Waals surface area contributed by atoms with E-state index in [-0.39, 0.29) is 5.56 Å². The van der Waals surface area contributed by atoms with Crippen LogP contribution in [-0.2, 0) is 6.61 Å². The van der Waals surface area contributed by atoms with Crippen molar-refractivity contribution in [2.24, 2.45) is 5.10 Å². The van der Waals surface area contributed by atoms with Gasteiger partial charge in [0, 0.05) is 9.50 Å². The van der Waals surface area contributed by atoms with Gasteiger partial charge in [-0.1, -0.05) is 39.7 Å². The number of fused-ring (bicyclic) bond motifs is 1. The zero-order valence-corrected chi connectivity index (χ0v) is 22.9. The van der Waals surface area contributed by atoms with Crippen molar-refractivity contribution in [3.63, 3.8) is 0 Å². The Balaban J connectivity index is 1.65. The summed E-state index contributed by atoms with van der Waals surface area (Å²) in [4.78, 5) is 17.5. The molecule has 1 aromatic heterocycles. The van der Waals surface area contributed by atoms with Crippen LogP contribution in [0.4, 0.5) is 0 Å². The number of ether oxygens (including phenoxy) is 2. The molecule has 4 aromatic rings. The van der Waals surface area contributed by atoms with Gasteiger partial charge in [0.05, 0.1) is 27.3 Å². The number of rotatable bonds is 7. The fourth-order valence-corrected chi connectivity index (χ4v) is 4.59. The molecule has 9 heteroatoms. The van der Waals surface area contributed by atoms with Crippen LogP contribution in [0.15, 0.2) is 69.0 Å². The summed E-state index contributed by atoms with van der Waals surface area (Å²) in [5.41, 5.74) is 2.17. The van der Waals surface area contributed by atoms with Crippen LogP contribution >= 0.6 is 50.1 Å². The summed E-state index contributed by atoms with van der Waals surface area (Å²) in [5, 5.41) is 5.59. The van der Waals surface area contributed by atoms with Gasteiger partial charge in [-0.3, -0.25) is 4.79 Å². The van der Waals surface area contributed by atoms with E-state index in [9.17, 15) is 4.79 Å². The van der Waals surface area contributed by atoms with Crippen molar-refractivity contribution in [2.45, 2.75) is 20.5 Å². The van der Waals surface area contributed by atoms with E-state index in [0.29, 0.717) is 46.5 Å². The van der Waals surface area contributed by atoms with Gasteiger partial charge in [-0.05, 0) is 90.0 Å². The van der Waals surface area contributed by atoms with Crippen LogP contribution in [0.1, 0.15) is 23.9 Å². The first-order valence-electron chi connectivity index (χ1n) is 10.4. The van der Waals surface area contributed by atoms with Gasteiger partial charge in [-0.25, -0.2) is 4.98 Å². The van der Waals surface area contributed by atoms with Gasteiger partial charge in [-0.15, -0.1) is 0 Å². The van der Waals surface area contributed by atoms with Gasteiger partial charge >= 0.3 is 0 Å². The van der Waals surface area contributed by atoms with Crippen LogP contribution in [0.3, 0.4) is 0 Å². The minimum absolute atomic E-state index is 0.234. The van der Waals surface area contributed by atoms with Crippen LogP contribution < -0.4 is 15.0 Å². The number of halogens is 3. The van der Waals surface area contributed by atoms with E-state index in [2.05, 4.69) is 48.6 Å². The van der Waals surface area contributed by atoms with E-state index in [1.807, 2.05) is 49.4 Å². The molecule has 0 unspecified atom stereocenters. The van der Waals surface area contributed by atoms with Gasteiger partial charge < -0.3 is 9.47 Å². The Labute approximate surface area is 223 Å². The first-order chi connectivity index (χ1) is 16.4. The molecule has 0 aliphatic carbocycles. The molecule has 174 valence electrons. The molecule has 0 spiro atoms. The summed E-state index contributed by atoms with van der Waals surface area (Å²) in [7, 11) is 0. The Morgan fingerprint density at radius 3 is 2.65 bits per heavy atom. The van der Waals surface area contributed by atoms with Gasteiger partial charge in [0.1, 0.15) is 12.4 Å². The number of nitrogens with zero attached hydrogens (tertiary/aromatic N) is 3. The second kappa shape index (κ2) is 10.9. The van der Waals surface area contributed by atoms with Gasteiger partial charge in [0.15, 0.2) is 11.5 Å². The zero-order valence-electron chi connectivity index (χ0n) is 18.4. The number of hydrogen-bond donors (Lipinski definition) is 0. The lowest BCUT2D eigenvalue weighted by atomic mass is 10.2. The minimum Gasteiger partial charge on any atom is -0.490 e. The third-order valence-corrected chi connectivity index (χ3v) is 6.47. The smallest absolute Gasteiger partial charge is 0.282 e. The normalized spacial score (nSPS) is 11.3. The topological polar surface area (TPSA) is 65.7 Å². The van der Waals surface area contributed by atoms with E-state index < -0.39 is 0 Å². The summed E-state index contributed by atoms with van der Waals surface area (Å²) >= 11 is 11.6. The lowest BCUT2D eigenvalue weighted by Gasteiger charge is -2.15. The van der Waals surface area contributed by atoms with Gasteiger partial charge in [-0.2, -0.15) is 9.78 Å². The van der Waals surface area contributed by atoms with E-state index in [4.69, 9.17) is 21.1 Å². The summed E-state index contributed by atoms with van der Waals surface area (Å²) in [5.74, 6) is 1.76. The fraction of sp³-hybridized carbons (Fsp3) is 0.160. The van der Waals surface area contributed by atoms with E-state index in [1.54, 1.807) is 25.3 Å². The molecule has 0 radical (unpaired) electrons. The Kier molecular flexibility index (Phi) is 7.90. The quantitative estimate of drug-likeness (QED) is 0.167. The van der Waals surface area contributed by atoms with Gasteiger partial charge in [0.2, 0.25) is 0 Å². The molecule has 6 nitrogen and oxygen atoms in total. The maximum atomic E-state index is 13.0. The van der Waals surface area contributed by atoms with Crippen LogP contribution in [0.25, 0.3) is 10.9 Å². The molecule has 0 saturated carbocycles. The van der Waals surface area contributed by atoms with E-state index in [0.717, 1.165) is 19.2 Å². The van der Waals surface area contributed by atoms with E-state index >= 15 is 0 Å². The average molecular weight is 653 g/mol. The fourth-order valence-electron chi connectivity index (χ4n) is 3.32. The highest BCUT2D eigenvalue weighted by Gasteiger charge is 2.13. The molecule has 0 amide bonds. The third-order valence-electron chi connectivity index (χ3n) is 4.92.